The van der Waals surface area contributed by atoms with E-state index in [1.165, 1.54) is 89.0 Å². The van der Waals surface area contributed by atoms with E-state index in [2.05, 4.69) is 60.3 Å². The highest BCUT2D eigenvalue weighted by Gasteiger charge is 2.26. The maximum absolute atomic E-state index is 13.0. The third kappa shape index (κ3) is 11.4. The summed E-state index contributed by atoms with van der Waals surface area (Å²) in [6.07, 6.45) is 18.8. The van der Waals surface area contributed by atoms with E-state index in [4.69, 9.17) is 16.3 Å². The molecule has 246 valence electrons. The fraction of sp³-hybridized carbons (Fsp3) is 0.694. The predicted molar refractivity (Wildman–Crippen MR) is 183 cm³/mol. The van der Waals surface area contributed by atoms with Crippen LogP contribution in [0.5, 0.6) is 5.75 Å². The van der Waals surface area contributed by atoms with Gasteiger partial charge in [-0.2, -0.15) is 4.63 Å². The molecule has 1 amide bonds. The monoisotopic (exact) mass is 627 g/mol. The Morgan fingerprint density at radius 2 is 1.59 bits per heavy atom. The highest BCUT2D eigenvalue weighted by molar-refractivity contribution is 6.34. The average Bonchev–Trinajstić information content (AvgIpc) is 3.56. The molecule has 2 aromatic heterocycles. The molecule has 8 heteroatoms. The molecule has 0 bridgehead atoms. The standard InChI is InChI=1S/C36H58ClN5O2/c1-7-9-10-11-12-13-14-15-16-17-18-19-20-22-28-23-21-24-29(25-28)44-30(8-2)35(43)38-26-27(3)33-39-34-31(37)32(36(4,5)6)40-42(34)41-33/h21,23-25,27,30,40H,7-20,22,26H2,1-6H3,(H,38,43). The second-order valence-corrected chi connectivity index (χ2v) is 13.9. The van der Waals surface area contributed by atoms with Gasteiger partial charge in [-0.15, -0.1) is 5.10 Å². The van der Waals surface area contributed by atoms with Crippen LogP contribution < -0.4 is 10.1 Å². The van der Waals surface area contributed by atoms with E-state index in [1.807, 2.05) is 26.0 Å². The fourth-order valence-corrected chi connectivity index (χ4v) is 6.04. The van der Waals surface area contributed by atoms with Gasteiger partial charge in [-0.1, -0.05) is 142 Å². The van der Waals surface area contributed by atoms with Gasteiger partial charge in [-0.3, -0.25) is 9.89 Å². The van der Waals surface area contributed by atoms with Crippen molar-refractivity contribution in [1.29, 1.82) is 0 Å². The molecule has 0 fully saturated rings. The summed E-state index contributed by atoms with van der Waals surface area (Å²) in [6.45, 7) is 12.9. The number of aryl methyl sites for hydroxylation is 1. The molecule has 3 rings (SSSR count). The molecule has 2 N–H and O–H groups in total. The number of carbonyl (C=O) groups excluding carboxylic acids is 1. The molecule has 0 radical (unpaired) electrons. The number of halogens is 1. The van der Waals surface area contributed by atoms with Crippen molar-refractivity contribution in [2.75, 3.05) is 6.54 Å². The van der Waals surface area contributed by atoms with Crippen LogP contribution >= 0.6 is 11.6 Å². The normalized spacial score (nSPS) is 13.3. The van der Waals surface area contributed by atoms with Crippen LogP contribution in [0.3, 0.4) is 0 Å². The van der Waals surface area contributed by atoms with E-state index in [-0.39, 0.29) is 17.2 Å². The van der Waals surface area contributed by atoms with Gasteiger partial charge in [0, 0.05) is 17.9 Å². The van der Waals surface area contributed by atoms with Gasteiger partial charge >= 0.3 is 0 Å². The lowest BCUT2D eigenvalue weighted by atomic mass is 9.92. The molecule has 1 aromatic carbocycles. The SMILES string of the molecule is CCCCCCCCCCCCCCCc1cccc(OC(CC)C(=O)NCC(C)c2nc3c(Cl)c(C(C)(C)C)[nH]n3n2)c1. The molecular formula is C36H58ClN5O2. The Morgan fingerprint density at radius 1 is 0.977 bits per heavy atom. The summed E-state index contributed by atoms with van der Waals surface area (Å²) >= 11 is 6.58. The molecule has 2 atom stereocenters. The summed E-state index contributed by atoms with van der Waals surface area (Å²) in [4.78, 5) is 17.7. The molecule has 0 aliphatic rings. The lowest BCUT2D eigenvalue weighted by Gasteiger charge is -2.19. The Balaban J connectivity index is 1.35. The Bertz CT molecular complexity index is 1260. The second-order valence-electron chi connectivity index (χ2n) is 13.6. The van der Waals surface area contributed by atoms with Crippen molar-refractivity contribution in [3.05, 3.63) is 46.4 Å². The van der Waals surface area contributed by atoms with Crippen LogP contribution in [0.2, 0.25) is 5.02 Å². The number of aromatic amines is 1. The highest BCUT2D eigenvalue weighted by atomic mass is 35.5. The number of benzene rings is 1. The van der Waals surface area contributed by atoms with Gasteiger partial charge in [0.05, 0.1) is 5.69 Å². The van der Waals surface area contributed by atoms with Crippen LogP contribution in [0.25, 0.3) is 5.65 Å². The maximum atomic E-state index is 13.0. The lowest BCUT2D eigenvalue weighted by molar-refractivity contribution is -0.128. The van der Waals surface area contributed by atoms with E-state index < -0.39 is 6.10 Å². The van der Waals surface area contributed by atoms with Crippen molar-refractivity contribution >= 4 is 23.2 Å². The van der Waals surface area contributed by atoms with Gasteiger partial charge in [0.1, 0.15) is 10.8 Å². The molecule has 0 saturated heterocycles. The van der Waals surface area contributed by atoms with Crippen LogP contribution in [0.15, 0.2) is 24.3 Å². The molecular weight excluding hydrogens is 570 g/mol. The summed E-state index contributed by atoms with van der Waals surface area (Å²) in [5.41, 5.74) is 2.64. The van der Waals surface area contributed by atoms with Crippen LogP contribution in [0.1, 0.15) is 154 Å². The molecule has 44 heavy (non-hydrogen) atoms. The molecule has 0 aliphatic heterocycles. The number of fused-ring (bicyclic) bond motifs is 1. The van der Waals surface area contributed by atoms with Gasteiger partial charge in [0.15, 0.2) is 17.6 Å². The molecule has 2 unspecified atom stereocenters. The zero-order valence-electron chi connectivity index (χ0n) is 28.3. The first-order valence-corrected chi connectivity index (χ1v) is 17.7. The molecule has 0 saturated carbocycles. The van der Waals surface area contributed by atoms with Crippen molar-refractivity contribution < 1.29 is 9.53 Å². The number of nitrogens with zero attached hydrogens (tertiary/aromatic N) is 3. The van der Waals surface area contributed by atoms with Crippen LogP contribution in [0.4, 0.5) is 0 Å². The number of H-pyrrole nitrogens is 1. The zero-order valence-corrected chi connectivity index (χ0v) is 29.1. The number of hydrogen-bond donors (Lipinski definition) is 2. The predicted octanol–water partition coefficient (Wildman–Crippen LogP) is 9.72. The minimum Gasteiger partial charge on any atom is -0.481 e. The summed E-state index contributed by atoms with van der Waals surface area (Å²) < 4.78 is 7.77. The fourth-order valence-electron chi connectivity index (χ4n) is 5.59. The lowest BCUT2D eigenvalue weighted by Crippen LogP contribution is -2.39. The van der Waals surface area contributed by atoms with E-state index >= 15 is 0 Å². The Kier molecular flexibility index (Phi) is 15.1. The molecule has 0 aliphatic carbocycles. The molecule has 3 aromatic rings. The van der Waals surface area contributed by atoms with Crippen LogP contribution in [-0.4, -0.2) is 38.4 Å². The smallest absolute Gasteiger partial charge is 0.261 e. The Hall–Kier alpha value is -2.54. The number of unbranched alkanes of at least 4 members (excludes halogenated alkanes) is 12. The quantitative estimate of drug-likeness (QED) is 0.115. The van der Waals surface area contributed by atoms with Crippen LogP contribution in [-0.2, 0) is 16.6 Å². The Labute approximate surface area is 271 Å². The largest absolute Gasteiger partial charge is 0.481 e. The van der Waals surface area contributed by atoms with E-state index in [9.17, 15) is 4.79 Å². The van der Waals surface area contributed by atoms with Crippen molar-refractivity contribution in [3.8, 4) is 5.75 Å². The number of hydrogen-bond acceptors (Lipinski definition) is 4. The topological polar surface area (TPSA) is 84.3 Å². The third-order valence-corrected chi connectivity index (χ3v) is 8.80. The van der Waals surface area contributed by atoms with Gasteiger partial charge < -0.3 is 10.1 Å². The minimum atomic E-state index is -0.554. The van der Waals surface area contributed by atoms with Gasteiger partial charge in [-0.25, -0.2) is 4.98 Å². The van der Waals surface area contributed by atoms with Crippen molar-refractivity contribution in [2.24, 2.45) is 0 Å². The molecule has 0 spiro atoms. The second kappa shape index (κ2) is 18.4. The zero-order chi connectivity index (χ0) is 32.0. The first-order valence-electron chi connectivity index (χ1n) is 17.3. The number of nitrogens with one attached hydrogen (secondary N) is 2. The van der Waals surface area contributed by atoms with Crippen LogP contribution in [0, 0.1) is 0 Å². The summed E-state index contributed by atoms with van der Waals surface area (Å²) in [5, 5.41) is 11.4. The van der Waals surface area contributed by atoms with Crippen molar-refractivity contribution in [3.63, 3.8) is 0 Å². The van der Waals surface area contributed by atoms with Crippen molar-refractivity contribution in [1.82, 2.24) is 25.1 Å². The van der Waals surface area contributed by atoms with Gasteiger partial charge in [-0.05, 0) is 37.0 Å². The maximum Gasteiger partial charge on any atom is 0.261 e. The van der Waals surface area contributed by atoms with E-state index in [1.54, 1.807) is 4.63 Å². The number of amides is 1. The number of carbonyl (C=O) groups is 1. The first kappa shape index (κ1) is 35.9. The average molecular weight is 628 g/mol. The minimum absolute atomic E-state index is 0.0810. The number of rotatable bonds is 21. The Morgan fingerprint density at radius 3 is 2.16 bits per heavy atom. The highest BCUT2D eigenvalue weighted by Crippen LogP contribution is 2.31. The molecule has 2 heterocycles. The van der Waals surface area contributed by atoms with Gasteiger partial charge in [0.25, 0.3) is 5.91 Å². The first-order chi connectivity index (χ1) is 21.1. The van der Waals surface area contributed by atoms with Crippen molar-refractivity contribution in [2.45, 2.75) is 155 Å². The van der Waals surface area contributed by atoms with E-state index in [0.717, 1.165) is 17.9 Å². The summed E-state index contributed by atoms with van der Waals surface area (Å²) in [6, 6.07) is 8.22. The number of aromatic nitrogens is 4. The summed E-state index contributed by atoms with van der Waals surface area (Å²) in [5.74, 6) is 1.18. The molecule has 7 nitrogen and oxygen atoms in total. The summed E-state index contributed by atoms with van der Waals surface area (Å²) in [7, 11) is 0. The van der Waals surface area contributed by atoms with E-state index in [0.29, 0.717) is 29.5 Å². The van der Waals surface area contributed by atoms with Gasteiger partial charge in [0.2, 0.25) is 0 Å². The third-order valence-electron chi connectivity index (χ3n) is 8.44. The number of ether oxygens (including phenoxy) is 1.